The standard InChI is InChI=1S/C38H24Cl2/c39-27-19-23(17-25(21-27)37-33-13-5-1-9-29(33)30-10-2-6-14-34(30)37)24-18-26(22-28(40)20-24)38-35-15-7-3-11-31(35)32-12-4-8-16-36(32)38/h1-22,37-38H. The molecule has 0 bridgehead atoms. The molecule has 0 fully saturated rings. The van der Waals surface area contributed by atoms with Crippen LogP contribution in [0, 0.1) is 0 Å². The Morgan fingerprint density at radius 1 is 0.350 bits per heavy atom. The van der Waals surface area contributed by atoms with E-state index in [1.165, 1.54) is 55.6 Å². The van der Waals surface area contributed by atoms with Gasteiger partial charge in [0, 0.05) is 21.9 Å². The SMILES string of the molecule is Clc1cc(-c2cc(Cl)cc(C3c4ccccc4-c4ccccc43)c2)cc(C2c3ccccc3-c3ccccc32)c1. The zero-order chi connectivity index (χ0) is 26.8. The summed E-state index contributed by atoms with van der Waals surface area (Å²) in [4.78, 5) is 0. The van der Waals surface area contributed by atoms with Gasteiger partial charge in [-0.25, -0.2) is 0 Å². The molecule has 0 saturated heterocycles. The predicted octanol–water partition coefficient (Wildman–Crippen LogP) is 11.0. The molecule has 0 amide bonds. The lowest BCUT2D eigenvalue weighted by Gasteiger charge is -2.18. The van der Waals surface area contributed by atoms with Gasteiger partial charge in [0.15, 0.2) is 0 Å². The highest BCUT2D eigenvalue weighted by Crippen LogP contribution is 2.50. The third-order valence-electron chi connectivity index (χ3n) is 8.51. The van der Waals surface area contributed by atoms with Gasteiger partial charge in [-0.3, -0.25) is 0 Å². The minimum absolute atomic E-state index is 0.136. The molecule has 0 atom stereocenters. The zero-order valence-corrected chi connectivity index (χ0v) is 23.1. The summed E-state index contributed by atoms with van der Waals surface area (Å²) in [6.45, 7) is 0. The van der Waals surface area contributed by atoms with Crippen LogP contribution in [0.1, 0.15) is 45.2 Å². The lowest BCUT2D eigenvalue weighted by Crippen LogP contribution is -2.01. The highest BCUT2D eigenvalue weighted by atomic mass is 35.5. The number of hydrogen-bond acceptors (Lipinski definition) is 0. The topological polar surface area (TPSA) is 0 Å². The smallest absolute Gasteiger partial charge is 0.0415 e. The van der Waals surface area contributed by atoms with Crippen molar-refractivity contribution in [3.63, 3.8) is 0 Å². The van der Waals surface area contributed by atoms with Gasteiger partial charge in [0.2, 0.25) is 0 Å². The normalized spacial score (nSPS) is 13.6. The molecule has 2 aliphatic carbocycles. The first-order chi connectivity index (χ1) is 19.7. The summed E-state index contributed by atoms with van der Waals surface area (Å²) in [7, 11) is 0. The molecule has 6 aromatic carbocycles. The fourth-order valence-electron chi connectivity index (χ4n) is 6.92. The van der Waals surface area contributed by atoms with Crippen molar-refractivity contribution in [1.29, 1.82) is 0 Å². The van der Waals surface area contributed by atoms with Gasteiger partial charge in [-0.05, 0) is 91.0 Å². The molecule has 0 unspecified atom stereocenters. The summed E-state index contributed by atoms with van der Waals surface area (Å²) in [5.74, 6) is 0.272. The molecular weight excluding hydrogens is 527 g/mol. The van der Waals surface area contributed by atoms with Crippen LogP contribution in [0.2, 0.25) is 10.0 Å². The minimum atomic E-state index is 0.136. The minimum Gasteiger partial charge on any atom is -0.0843 e. The molecule has 0 nitrogen and oxygen atoms in total. The van der Waals surface area contributed by atoms with Crippen molar-refractivity contribution in [2.45, 2.75) is 11.8 Å². The Labute approximate surface area is 244 Å². The molecule has 2 heteroatoms. The molecule has 2 aliphatic rings. The number of rotatable bonds is 3. The van der Waals surface area contributed by atoms with E-state index < -0.39 is 0 Å². The van der Waals surface area contributed by atoms with Gasteiger partial charge in [0.05, 0.1) is 0 Å². The van der Waals surface area contributed by atoms with E-state index in [2.05, 4.69) is 133 Å². The van der Waals surface area contributed by atoms with Crippen LogP contribution >= 0.6 is 23.2 Å². The van der Waals surface area contributed by atoms with Gasteiger partial charge in [0.25, 0.3) is 0 Å². The maximum absolute atomic E-state index is 6.84. The molecule has 0 aromatic heterocycles. The maximum atomic E-state index is 6.84. The van der Waals surface area contributed by atoms with Crippen molar-refractivity contribution in [3.8, 4) is 33.4 Å². The van der Waals surface area contributed by atoms with E-state index in [0.29, 0.717) is 0 Å². The molecular formula is C38H24Cl2. The summed E-state index contributed by atoms with van der Waals surface area (Å²) in [5.41, 5.74) is 15.0. The highest BCUT2D eigenvalue weighted by molar-refractivity contribution is 6.31. The van der Waals surface area contributed by atoms with Crippen LogP contribution in [0.3, 0.4) is 0 Å². The van der Waals surface area contributed by atoms with E-state index in [1.807, 2.05) is 0 Å². The molecule has 0 radical (unpaired) electrons. The van der Waals surface area contributed by atoms with Gasteiger partial charge in [-0.1, -0.05) is 132 Å². The van der Waals surface area contributed by atoms with Crippen LogP contribution in [0.25, 0.3) is 33.4 Å². The zero-order valence-electron chi connectivity index (χ0n) is 21.6. The molecule has 190 valence electrons. The lowest BCUT2D eigenvalue weighted by molar-refractivity contribution is 1.01. The summed E-state index contributed by atoms with van der Waals surface area (Å²) < 4.78 is 0. The molecule has 8 rings (SSSR count). The van der Waals surface area contributed by atoms with E-state index >= 15 is 0 Å². The molecule has 0 N–H and O–H groups in total. The average molecular weight is 552 g/mol. The largest absolute Gasteiger partial charge is 0.0843 e. The Morgan fingerprint density at radius 2 is 0.650 bits per heavy atom. The number of fused-ring (bicyclic) bond motifs is 6. The Hall–Kier alpha value is -4.10. The van der Waals surface area contributed by atoms with Crippen LogP contribution in [-0.4, -0.2) is 0 Å². The van der Waals surface area contributed by atoms with Gasteiger partial charge in [-0.15, -0.1) is 0 Å². The van der Waals surface area contributed by atoms with Gasteiger partial charge in [0.1, 0.15) is 0 Å². The van der Waals surface area contributed by atoms with Crippen molar-refractivity contribution in [2.75, 3.05) is 0 Å². The van der Waals surface area contributed by atoms with Gasteiger partial charge >= 0.3 is 0 Å². The maximum Gasteiger partial charge on any atom is 0.0415 e. The molecule has 0 aliphatic heterocycles. The van der Waals surface area contributed by atoms with E-state index in [9.17, 15) is 0 Å². The molecule has 6 aromatic rings. The fourth-order valence-corrected chi connectivity index (χ4v) is 7.41. The van der Waals surface area contributed by atoms with Crippen molar-refractivity contribution in [2.24, 2.45) is 0 Å². The molecule has 0 heterocycles. The Morgan fingerprint density at radius 3 is 0.975 bits per heavy atom. The van der Waals surface area contributed by atoms with Crippen LogP contribution in [0.5, 0.6) is 0 Å². The predicted molar refractivity (Wildman–Crippen MR) is 168 cm³/mol. The average Bonchev–Trinajstić information content (AvgIpc) is 3.50. The first kappa shape index (κ1) is 23.8. The number of benzene rings is 6. The van der Waals surface area contributed by atoms with Crippen molar-refractivity contribution < 1.29 is 0 Å². The van der Waals surface area contributed by atoms with E-state index in [0.717, 1.165) is 21.2 Å². The van der Waals surface area contributed by atoms with E-state index in [4.69, 9.17) is 23.2 Å². The second kappa shape index (κ2) is 9.24. The van der Waals surface area contributed by atoms with Gasteiger partial charge in [-0.2, -0.15) is 0 Å². The van der Waals surface area contributed by atoms with Crippen LogP contribution in [0.15, 0.2) is 133 Å². The summed E-state index contributed by atoms with van der Waals surface area (Å²) in [5, 5.41) is 1.46. The molecule has 0 spiro atoms. The van der Waals surface area contributed by atoms with Gasteiger partial charge < -0.3 is 0 Å². The van der Waals surface area contributed by atoms with Crippen LogP contribution < -0.4 is 0 Å². The summed E-state index contributed by atoms with van der Waals surface area (Å²) in [6.07, 6.45) is 0. The Balaban J connectivity index is 1.28. The number of halogens is 2. The molecule has 40 heavy (non-hydrogen) atoms. The first-order valence-electron chi connectivity index (χ1n) is 13.6. The lowest BCUT2D eigenvalue weighted by atomic mass is 9.86. The monoisotopic (exact) mass is 550 g/mol. The fraction of sp³-hybridized carbons (Fsp3) is 0.0526. The Bertz CT molecular complexity index is 1720. The Kier molecular flexibility index (Phi) is 5.49. The van der Waals surface area contributed by atoms with E-state index in [-0.39, 0.29) is 11.8 Å². The quantitative estimate of drug-likeness (QED) is 0.205. The summed E-state index contributed by atoms with van der Waals surface area (Å²) >= 11 is 13.7. The van der Waals surface area contributed by atoms with Crippen molar-refractivity contribution in [3.05, 3.63) is 177 Å². The molecule has 0 saturated carbocycles. The van der Waals surface area contributed by atoms with Crippen molar-refractivity contribution >= 4 is 23.2 Å². The third-order valence-corrected chi connectivity index (χ3v) is 8.94. The second-order valence-corrected chi connectivity index (χ2v) is 11.6. The summed E-state index contributed by atoms with van der Waals surface area (Å²) in [6, 6.07) is 47.8. The van der Waals surface area contributed by atoms with Crippen LogP contribution in [0.4, 0.5) is 0 Å². The highest BCUT2D eigenvalue weighted by Gasteiger charge is 2.31. The number of hydrogen-bond donors (Lipinski definition) is 0. The third kappa shape index (κ3) is 3.68. The second-order valence-electron chi connectivity index (χ2n) is 10.8. The van der Waals surface area contributed by atoms with Crippen LogP contribution in [-0.2, 0) is 0 Å². The first-order valence-corrected chi connectivity index (χ1v) is 14.4. The van der Waals surface area contributed by atoms with E-state index in [1.54, 1.807) is 0 Å². The van der Waals surface area contributed by atoms with Crippen molar-refractivity contribution in [1.82, 2.24) is 0 Å².